The van der Waals surface area contributed by atoms with Crippen LogP contribution in [0.5, 0.6) is 0 Å². The van der Waals surface area contributed by atoms with Gasteiger partial charge in [0.15, 0.2) is 5.82 Å². The van der Waals surface area contributed by atoms with Crippen molar-refractivity contribution in [1.29, 1.82) is 0 Å². The van der Waals surface area contributed by atoms with Crippen molar-refractivity contribution in [2.75, 3.05) is 0 Å². The van der Waals surface area contributed by atoms with E-state index < -0.39 is 5.97 Å². The van der Waals surface area contributed by atoms with E-state index in [2.05, 4.69) is 43.2 Å². The monoisotopic (exact) mass is 226 g/mol. The molecule has 0 radical (unpaired) electrons. The van der Waals surface area contributed by atoms with Crippen molar-refractivity contribution in [1.82, 2.24) is 20.2 Å². The van der Waals surface area contributed by atoms with Crippen molar-refractivity contribution in [3.63, 3.8) is 0 Å². The summed E-state index contributed by atoms with van der Waals surface area (Å²) in [6.45, 7) is 8.36. The Labute approximate surface area is 94.7 Å². The minimum absolute atomic E-state index is 0.153. The number of hydrogen-bond donors (Lipinski definition) is 1. The van der Waals surface area contributed by atoms with Crippen LogP contribution in [0.15, 0.2) is 0 Å². The number of rotatable bonds is 4. The van der Waals surface area contributed by atoms with Crippen LogP contribution >= 0.6 is 0 Å². The molecule has 1 atom stereocenters. The molecule has 1 N–H and O–H groups in total. The summed E-state index contributed by atoms with van der Waals surface area (Å²) in [5.41, 5.74) is 0.153. The Bertz CT molecular complexity index is 367. The number of tetrazole rings is 1. The van der Waals surface area contributed by atoms with Gasteiger partial charge in [-0.3, -0.25) is 4.79 Å². The van der Waals surface area contributed by atoms with Crippen LogP contribution < -0.4 is 0 Å². The molecule has 1 unspecified atom stereocenters. The standard InChI is InChI=1S/C10H18N4O2/c1-7(10(2,3)4)5-8-11-12-13-14(8)6-9(15)16/h7H,5-6H2,1-4H3,(H,15,16). The second kappa shape index (κ2) is 4.59. The summed E-state index contributed by atoms with van der Waals surface area (Å²) in [5, 5.41) is 19.7. The highest BCUT2D eigenvalue weighted by molar-refractivity contribution is 5.66. The zero-order valence-electron chi connectivity index (χ0n) is 10.1. The molecule has 6 heteroatoms. The van der Waals surface area contributed by atoms with Crippen LogP contribution in [0, 0.1) is 11.3 Å². The van der Waals surface area contributed by atoms with Gasteiger partial charge in [0.05, 0.1) is 0 Å². The molecule has 90 valence electrons. The third-order valence-electron chi connectivity index (χ3n) is 2.86. The second-order valence-electron chi connectivity index (χ2n) is 5.12. The summed E-state index contributed by atoms with van der Waals surface area (Å²) in [6, 6.07) is 0. The fourth-order valence-corrected chi connectivity index (χ4v) is 1.20. The molecule has 1 aromatic heterocycles. The van der Waals surface area contributed by atoms with Crippen LogP contribution in [-0.2, 0) is 17.8 Å². The van der Waals surface area contributed by atoms with Crippen LogP contribution in [0.1, 0.15) is 33.5 Å². The van der Waals surface area contributed by atoms with Crippen molar-refractivity contribution >= 4 is 5.97 Å². The molecule has 0 fully saturated rings. The number of nitrogens with zero attached hydrogens (tertiary/aromatic N) is 4. The van der Waals surface area contributed by atoms with Gasteiger partial charge in [-0.05, 0) is 21.8 Å². The fourth-order valence-electron chi connectivity index (χ4n) is 1.20. The van der Waals surface area contributed by atoms with Crippen LogP contribution in [0.25, 0.3) is 0 Å². The lowest BCUT2D eigenvalue weighted by Gasteiger charge is -2.26. The Kier molecular flexibility index (Phi) is 3.62. The predicted molar refractivity (Wildman–Crippen MR) is 57.8 cm³/mol. The number of carboxylic acids is 1. The minimum Gasteiger partial charge on any atom is -0.480 e. The summed E-state index contributed by atoms with van der Waals surface area (Å²) in [5.74, 6) is 0.0767. The zero-order chi connectivity index (χ0) is 12.3. The molecular formula is C10H18N4O2. The van der Waals surface area contributed by atoms with E-state index >= 15 is 0 Å². The summed E-state index contributed by atoms with van der Waals surface area (Å²) >= 11 is 0. The van der Waals surface area contributed by atoms with Gasteiger partial charge in [-0.25, -0.2) is 4.68 Å². The first-order valence-corrected chi connectivity index (χ1v) is 5.27. The van der Waals surface area contributed by atoms with Gasteiger partial charge in [0.25, 0.3) is 0 Å². The summed E-state index contributed by atoms with van der Waals surface area (Å²) in [4.78, 5) is 10.6. The molecule has 0 aliphatic rings. The molecular weight excluding hydrogens is 208 g/mol. The topological polar surface area (TPSA) is 80.9 Å². The number of carbonyl (C=O) groups is 1. The lowest BCUT2D eigenvalue weighted by Crippen LogP contribution is -2.22. The van der Waals surface area contributed by atoms with Gasteiger partial charge in [0.2, 0.25) is 0 Å². The maximum absolute atomic E-state index is 10.6. The first-order valence-electron chi connectivity index (χ1n) is 5.27. The van der Waals surface area contributed by atoms with Crippen molar-refractivity contribution in [3.05, 3.63) is 5.82 Å². The second-order valence-corrected chi connectivity index (χ2v) is 5.12. The SMILES string of the molecule is CC(Cc1nnnn1CC(=O)O)C(C)(C)C. The van der Waals surface area contributed by atoms with Crippen molar-refractivity contribution < 1.29 is 9.90 Å². The highest BCUT2D eigenvalue weighted by Crippen LogP contribution is 2.27. The Morgan fingerprint density at radius 3 is 2.62 bits per heavy atom. The van der Waals surface area contributed by atoms with E-state index in [9.17, 15) is 4.79 Å². The molecule has 1 aromatic rings. The molecule has 0 saturated heterocycles. The summed E-state index contributed by atoms with van der Waals surface area (Å²) < 4.78 is 1.34. The largest absolute Gasteiger partial charge is 0.480 e. The van der Waals surface area contributed by atoms with Gasteiger partial charge in [-0.15, -0.1) is 5.10 Å². The molecule has 0 aromatic carbocycles. The van der Waals surface area contributed by atoms with Crippen LogP contribution in [0.4, 0.5) is 0 Å². The quantitative estimate of drug-likeness (QED) is 0.827. The number of hydrogen-bond acceptors (Lipinski definition) is 4. The smallest absolute Gasteiger partial charge is 0.325 e. The van der Waals surface area contributed by atoms with E-state index in [-0.39, 0.29) is 12.0 Å². The van der Waals surface area contributed by atoms with Crippen molar-refractivity contribution in [2.45, 2.75) is 40.7 Å². The van der Waals surface area contributed by atoms with Crippen molar-refractivity contribution in [2.24, 2.45) is 11.3 Å². The van der Waals surface area contributed by atoms with E-state index in [1.807, 2.05) is 0 Å². The van der Waals surface area contributed by atoms with E-state index in [0.717, 1.165) is 0 Å². The third kappa shape index (κ3) is 3.29. The van der Waals surface area contributed by atoms with E-state index in [1.54, 1.807) is 0 Å². The Hall–Kier alpha value is -1.46. The molecule has 6 nitrogen and oxygen atoms in total. The Balaban J connectivity index is 2.74. The molecule has 0 aliphatic carbocycles. The van der Waals surface area contributed by atoms with Gasteiger partial charge in [-0.2, -0.15) is 0 Å². The van der Waals surface area contributed by atoms with Gasteiger partial charge in [-0.1, -0.05) is 27.7 Å². The molecule has 16 heavy (non-hydrogen) atoms. The average Bonchev–Trinajstić information content (AvgIpc) is 2.50. The van der Waals surface area contributed by atoms with Crippen LogP contribution in [0.3, 0.4) is 0 Å². The highest BCUT2D eigenvalue weighted by atomic mass is 16.4. The molecule has 1 rings (SSSR count). The minimum atomic E-state index is -0.933. The van der Waals surface area contributed by atoms with Gasteiger partial charge >= 0.3 is 5.97 Å². The van der Waals surface area contributed by atoms with E-state index in [1.165, 1.54) is 4.68 Å². The number of carboxylic acid groups (broad SMARTS) is 1. The molecule has 0 aliphatic heterocycles. The van der Waals surface area contributed by atoms with Crippen LogP contribution in [0.2, 0.25) is 0 Å². The van der Waals surface area contributed by atoms with Crippen molar-refractivity contribution in [3.8, 4) is 0 Å². The Morgan fingerprint density at radius 2 is 2.12 bits per heavy atom. The van der Waals surface area contributed by atoms with Crippen LogP contribution in [-0.4, -0.2) is 31.3 Å². The molecule has 1 heterocycles. The molecule has 0 amide bonds. The van der Waals surface area contributed by atoms with Gasteiger partial charge in [0, 0.05) is 6.42 Å². The molecule has 0 bridgehead atoms. The predicted octanol–water partition coefficient (Wildman–Crippen LogP) is 0.982. The molecule has 0 saturated carbocycles. The normalized spacial score (nSPS) is 13.8. The third-order valence-corrected chi connectivity index (χ3v) is 2.86. The maximum Gasteiger partial charge on any atom is 0.325 e. The Morgan fingerprint density at radius 1 is 1.50 bits per heavy atom. The van der Waals surface area contributed by atoms with Gasteiger partial charge < -0.3 is 5.11 Å². The fraction of sp³-hybridized carbons (Fsp3) is 0.800. The maximum atomic E-state index is 10.6. The summed E-state index contributed by atoms with van der Waals surface area (Å²) in [6.07, 6.45) is 0.684. The highest BCUT2D eigenvalue weighted by Gasteiger charge is 2.23. The summed E-state index contributed by atoms with van der Waals surface area (Å²) in [7, 11) is 0. The average molecular weight is 226 g/mol. The number of aromatic nitrogens is 4. The van der Waals surface area contributed by atoms with E-state index in [0.29, 0.717) is 18.2 Å². The first kappa shape index (κ1) is 12.6. The van der Waals surface area contributed by atoms with Gasteiger partial charge in [0.1, 0.15) is 6.54 Å². The zero-order valence-corrected chi connectivity index (χ0v) is 10.1. The lowest BCUT2D eigenvalue weighted by molar-refractivity contribution is -0.138. The first-order chi connectivity index (χ1) is 7.30. The number of aliphatic carboxylic acids is 1. The van der Waals surface area contributed by atoms with E-state index in [4.69, 9.17) is 5.11 Å². The molecule has 0 spiro atoms. The lowest BCUT2D eigenvalue weighted by atomic mass is 9.80.